The van der Waals surface area contributed by atoms with Gasteiger partial charge >= 0.3 is 0 Å². The lowest BCUT2D eigenvalue weighted by Gasteiger charge is -2.11. The molecule has 1 aromatic rings. The second-order valence-electron chi connectivity index (χ2n) is 4.06. The van der Waals surface area contributed by atoms with Gasteiger partial charge in [-0.2, -0.15) is 5.26 Å². The zero-order valence-corrected chi connectivity index (χ0v) is 10.2. The predicted octanol–water partition coefficient (Wildman–Crippen LogP) is 1.93. The van der Waals surface area contributed by atoms with Crippen LogP contribution in [0.15, 0.2) is 18.2 Å². The number of rotatable bonds is 4. The Morgan fingerprint density at radius 3 is 2.88 bits per heavy atom. The summed E-state index contributed by atoms with van der Waals surface area (Å²) in [5.41, 5.74) is 7.85. The Kier molecular flexibility index (Phi) is 4.68. The fourth-order valence-corrected chi connectivity index (χ4v) is 1.41. The molecule has 0 spiro atoms. The van der Waals surface area contributed by atoms with E-state index < -0.39 is 0 Å². The van der Waals surface area contributed by atoms with Crippen LogP contribution in [-0.2, 0) is 4.79 Å². The average Bonchev–Trinajstić information content (AvgIpc) is 2.31. The minimum atomic E-state index is -0.116. The van der Waals surface area contributed by atoms with E-state index in [1.807, 2.05) is 26.0 Å². The number of hydrogen-bond acceptors (Lipinski definition) is 3. The second-order valence-corrected chi connectivity index (χ2v) is 4.06. The first-order chi connectivity index (χ1) is 8.06. The molecule has 0 aliphatic carbocycles. The summed E-state index contributed by atoms with van der Waals surface area (Å²) < 4.78 is 0. The maximum absolute atomic E-state index is 11.7. The van der Waals surface area contributed by atoms with Crippen LogP contribution in [0.25, 0.3) is 0 Å². The lowest BCUT2D eigenvalue weighted by Crippen LogP contribution is -2.26. The summed E-state index contributed by atoms with van der Waals surface area (Å²) >= 11 is 0. The van der Waals surface area contributed by atoms with Gasteiger partial charge in [0.2, 0.25) is 5.91 Å². The van der Waals surface area contributed by atoms with Crippen molar-refractivity contribution in [2.75, 3.05) is 5.32 Å². The maximum Gasteiger partial charge on any atom is 0.225 e. The van der Waals surface area contributed by atoms with E-state index in [1.165, 1.54) is 0 Å². The van der Waals surface area contributed by atoms with Gasteiger partial charge in [-0.3, -0.25) is 4.79 Å². The van der Waals surface area contributed by atoms with E-state index in [-0.39, 0.29) is 11.9 Å². The fourth-order valence-electron chi connectivity index (χ4n) is 1.41. The third kappa shape index (κ3) is 3.89. The molecule has 3 N–H and O–H groups in total. The third-order valence-electron chi connectivity index (χ3n) is 2.61. The molecule has 0 aliphatic heterocycles. The van der Waals surface area contributed by atoms with Crippen LogP contribution in [0.1, 0.15) is 30.9 Å². The molecule has 0 heterocycles. The molecule has 0 fully saturated rings. The van der Waals surface area contributed by atoms with Gasteiger partial charge in [0.25, 0.3) is 0 Å². The summed E-state index contributed by atoms with van der Waals surface area (Å²) in [7, 11) is 0. The highest BCUT2D eigenvalue weighted by atomic mass is 16.1. The molecule has 1 amide bonds. The summed E-state index contributed by atoms with van der Waals surface area (Å²) in [6.45, 7) is 3.83. The second kappa shape index (κ2) is 6.02. The molecule has 1 rings (SSSR count). The minimum Gasteiger partial charge on any atom is -0.327 e. The van der Waals surface area contributed by atoms with Crippen molar-refractivity contribution in [2.24, 2.45) is 5.73 Å². The van der Waals surface area contributed by atoms with E-state index in [9.17, 15) is 4.79 Å². The van der Waals surface area contributed by atoms with Crippen molar-refractivity contribution >= 4 is 11.6 Å². The number of benzene rings is 1. The van der Waals surface area contributed by atoms with Gasteiger partial charge in [0.1, 0.15) is 0 Å². The van der Waals surface area contributed by atoms with Gasteiger partial charge in [-0.1, -0.05) is 13.0 Å². The fraction of sp³-hybridized carbons (Fsp3) is 0.385. The Hall–Kier alpha value is -1.86. The number of nitriles is 1. The van der Waals surface area contributed by atoms with Crippen LogP contribution < -0.4 is 11.1 Å². The smallest absolute Gasteiger partial charge is 0.225 e. The van der Waals surface area contributed by atoms with Crippen molar-refractivity contribution in [3.63, 3.8) is 0 Å². The number of nitrogens with zero attached hydrogens (tertiary/aromatic N) is 1. The molecule has 0 saturated heterocycles. The molecule has 1 atom stereocenters. The maximum atomic E-state index is 11.7. The van der Waals surface area contributed by atoms with Gasteiger partial charge in [0, 0.05) is 18.2 Å². The number of aryl methyl sites for hydroxylation is 1. The molecule has 90 valence electrons. The normalized spacial score (nSPS) is 11.6. The highest BCUT2D eigenvalue weighted by Crippen LogP contribution is 2.16. The molecular formula is C13H17N3O. The Labute approximate surface area is 101 Å². The van der Waals surface area contributed by atoms with E-state index in [4.69, 9.17) is 11.0 Å². The summed E-state index contributed by atoms with van der Waals surface area (Å²) in [6, 6.07) is 7.14. The van der Waals surface area contributed by atoms with Crippen LogP contribution in [-0.4, -0.2) is 11.9 Å². The molecule has 0 saturated carbocycles. The highest BCUT2D eigenvalue weighted by Gasteiger charge is 2.09. The average molecular weight is 231 g/mol. The first-order valence-electron chi connectivity index (χ1n) is 5.63. The summed E-state index contributed by atoms with van der Waals surface area (Å²) in [4.78, 5) is 11.7. The quantitative estimate of drug-likeness (QED) is 0.831. The highest BCUT2D eigenvalue weighted by molar-refractivity contribution is 5.92. The van der Waals surface area contributed by atoms with Crippen molar-refractivity contribution in [1.82, 2.24) is 0 Å². The Balaban J connectivity index is 2.74. The van der Waals surface area contributed by atoms with Crippen molar-refractivity contribution < 1.29 is 4.79 Å². The van der Waals surface area contributed by atoms with Crippen molar-refractivity contribution in [3.8, 4) is 6.07 Å². The monoisotopic (exact) mass is 231 g/mol. The molecule has 0 aliphatic rings. The summed E-state index contributed by atoms with van der Waals surface area (Å²) in [5, 5.41) is 11.6. The van der Waals surface area contributed by atoms with Crippen molar-refractivity contribution in [1.29, 1.82) is 5.26 Å². The summed E-state index contributed by atoms with van der Waals surface area (Å²) in [6.07, 6.45) is 1.07. The number of nitrogens with one attached hydrogen (secondary N) is 1. The molecule has 0 aromatic heterocycles. The van der Waals surface area contributed by atoms with Crippen LogP contribution in [0.4, 0.5) is 5.69 Å². The van der Waals surface area contributed by atoms with Gasteiger partial charge in [0.05, 0.1) is 11.6 Å². The lowest BCUT2D eigenvalue weighted by molar-refractivity contribution is -0.116. The molecule has 1 aromatic carbocycles. The van der Waals surface area contributed by atoms with Gasteiger partial charge in [-0.25, -0.2) is 0 Å². The Bertz CT molecular complexity index is 448. The van der Waals surface area contributed by atoms with E-state index in [0.717, 1.165) is 12.0 Å². The summed E-state index contributed by atoms with van der Waals surface area (Å²) in [5.74, 6) is -0.113. The molecule has 4 nitrogen and oxygen atoms in total. The lowest BCUT2D eigenvalue weighted by atomic mass is 10.1. The van der Waals surface area contributed by atoms with Crippen molar-refractivity contribution in [2.45, 2.75) is 32.7 Å². The van der Waals surface area contributed by atoms with Gasteiger partial charge in [0.15, 0.2) is 0 Å². The minimum absolute atomic E-state index is 0.113. The molecule has 1 unspecified atom stereocenters. The number of hydrogen-bond donors (Lipinski definition) is 2. The molecule has 4 heteroatoms. The standard InChI is InChI=1S/C13H17N3O/c1-3-11(15)7-13(17)16-12-6-10(8-14)5-4-9(12)2/h4-6,11H,3,7,15H2,1-2H3,(H,16,17). The van der Waals surface area contributed by atoms with Crippen LogP contribution in [0.2, 0.25) is 0 Å². The number of carbonyl (C=O) groups excluding carboxylic acids is 1. The number of nitrogens with two attached hydrogens (primary N) is 1. The Morgan fingerprint density at radius 2 is 2.29 bits per heavy atom. The molecular weight excluding hydrogens is 214 g/mol. The predicted molar refractivity (Wildman–Crippen MR) is 67.4 cm³/mol. The molecule has 0 radical (unpaired) electrons. The topological polar surface area (TPSA) is 78.9 Å². The van der Waals surface area contributed by atoms with Crippen LogP contribution in [0, 0.1) is 18.3 Å². The first kappa shape index (κ1) is 13.2. The van der Waals surface area contributed by atoms with Crippen LogP contribution >= 0.6 is 0 Å². The van der Waals surface area contributed by atoms with Crippen LogP contribution in [0.5, 0.6) is 0 Å². The zero-order valence-electron chi connectivity index (χ0n) is 10.2. The van der Waals surface area contributed by atoms with Gasteiger partial charge in [-0.15, -0.1) is 0 Å². The number of carbonyl (C=O) groups is 1. The first-order valence-corrected chi connectivity index (χ1v) is 5.63. The number of amides is 1. The molecule has 0 bridgehead atoms. The zero-order chi connectivity index (χ0) is 12.8. The SMILES string of the molecule is CCC(N)CC(=O)Nc1cc(C#N)ccc1C. The van der Waals surface area contributed by atoms with Crippen LogP contribution in [0.3, 0.4) is 0 Å². The van der Waals surface area contributed by atoms with E-state index in [0.29, 0.717) is 17.7 Å². The van der Waals surface area contributed by atoms with Gasteiger partial charge < -0.3 is 11.1 Å². The third-order valence-corrected chi connectivity index (χ3v) is 2.61. The molecule has 17 heavy (non-hydrogen) atoms. The van der Waals surface area contributed by atoms with Crippen molar-refractivity contribution in [3.05, 3.63) is 29.3 Å². The Morgan fingerprint density at radius 1 is 1.59 bits per heavy atom. The van der Waals surface area contributed by atoms with E-state index in [2.05, 4.69) is 5.32 Å². The largest absolute Gasteiger partial charge is 0.327 e. The van der Waals surface area contributed by atoms with E-state index in [1.54, 1.807) is 12.1 Å². The van der Waals surface area contributed by atoms with E-state index >= 15 is 0 Å². The number of anilines is 1. The van der Waals surface area contributed by atoms with Gasteiger partial charge in [-0.05, 0) is 31.0 Å².